The fourth-order valence-electron chi connectivity index (χ4n) is 1.94. The van der Waals surface area contributed by atoms with Crippen molar-refractivity contribution in [3.8, 4) is 0 Å². The summed E-state index contributed by atoms with van der Waals surface area (Å²) in [7, 11) is 3.84. The van der Waals surface area contributed by atoms with Crippen molar-refractivity contribution in [2.75, 3.05) is 19.0 Å². The van der Waals surface area contributed by atoms with Gasteiger partial charge < -0.3 is 10.2 Å². The van der Waals surface area contributed by atoms with Crippen molar-refractivity contribution < 1.29 is 4.79 Å². The van der Waals surface area contributed by atoms with Crippen LogP contribution in [0.3, 0.4) is 0 Å². The molecule has 0 fully saturated rings. The SMILES string of the molecule is CCCc1nnsc1C(=O)NCc1nc(C)cc(N(C)C)n1. The van der Waals surface area contributed by atoms with E-state index in [1.165, 1.54) is 0 Å². The summed E-state index contributed by atoms with van der Waals surface area (Å²) in [5.41, 5.74) is 1.62. The van der Waals surface area contributed by atoms with Crippen LogP contribution in [0.25, 0.3) is 0 Å². The number of nitrogens with zero attached hydrogens (tertiary/aromatic N) is 5. The highest BCUT2D eigenvalue weighted by Gasteiger charge is 2.16. The number of anilines is 1. The van der Waals surface area contributed by atoms with Crippen LogP contribution in [-0.4, -0.2) is 39.6 Å². The maximum atomic E-state index is 12.2. The minimum Gasteiger partial charge on any atom is -0.363 e. The number of aryl methyl sites for hydroxylation is 2. The van der Waals surface area contributed by atoms with Crippen LogP contribution in [0.2, 0.25) is 0 Å². The van der Waals surface area contributed by atoms with Gasteiger partial charge in [-0.25, -0.2) is 9.97 Å². The Morgan fingerprint density at radius 3 is 2.82 bits per heavy atom. The van der Waals surface area contributed by atoms with Gasteiger partial charge in [0.15, 0.2) is 0 Å². The van der Waals surface area contributed by atoms with Crippen molar-refractivity contribution in [3.63, 3.8) is 0 Å². The smallest absolute Gasteiger partial charge is 0.265 e. The lowest BCUT2D eigenvalue weighted by Gasteiger charge is -2.13. The van der Waals surface area contributed by atoms with E-state index < -0.39 is 0 Å². The molecule has 0 atom stereocenters. The molecule has 0 saturated heterocycles. The number of aromatic nitrogens is 4. The van der Waals surface area contributed by atoms with Gasteiger partial charge in [0.05, 0.1) is 12.2 Å². The second-order valence-corrected chi connectivity index (χ2v) is 5.91. The van der Waals surface area contributed by atoms with Gasteiger partial charge in [-0.05, 0) is 24.9 Å². The lowest BCUT2D eigenvalue weighted by Crippen LogP contribution is -2.25. The molecule has 0 aliphatic carbocycles. The Balaban J connectivity index is 2.06. The first kappa shape index (κ1) is 16.3. The van der Waals surface area contributed by atoms with Gasteiger partial charge in [-0.1, -0.05) is 17.8 Å². The molecule has 2 aromatic rings. The number of carbonyl (C=O) groups is 1. The molecule has 8 heteroatoms. The Bertz CT molecular complexity index is 655. The number of hydrogen-bond acceptors (Lipinski definition) is 7. The van der Waals surface area contributed by atoms with Gasteiger partial charge in [0.1, 0.15) is 16.5 Å². The predicted octanol–water partition coefficient (Wildman–Crippen LogP) is 1.59. The summed E-state index contributed by atoms with van der Waals surface area (Å²) in [6.07, 6.45) is 1.68. The van der Waals surface area contributed by atoms with Crippen LogP contribution in [0.4, 0.5) is 5.82 Å². The van der Waals surface area contributed by atoms with Crippen LogP contribution in [-0.2, 0) is 13.0 Å². The fraction of sp³-hybridized carbons (Fsp3) is 0.500. The molecule has 1 amide bonds. The van der Waals surface area contributed by atoms with Gasteiger partial charge in [-0.15, -0.1) is 5.10 Å². The van der Waals surface area contributed by atoms with Crippen molar-refractivity contribution in [2.45, 2.75) is 33.2 Å². The zero-order valence-corrected chi connectivity index (χ0v) is 14.1. The third-order valence-electron chi connectivity index (χ3n) is 3.00. The van der Waals surface area contributed by atoms with E-state index in [-0.39, 0.29) is 12.5 Å². The highest BCUT2D eigenvalue weighted by atomic mass is 32.1. The second-order valence-electron chi connectivity index (χ2n) is 5.16. The van der Waals surface area contributed by atoms with E-state index in [0.717, 1.165) is 41.6 Å². The maximum absolute atomic E-state index is 12.2. The minimum absolute atomic E-state index is 0.171. The molecular weight excluding hydrogens is 300 g/mol. The molecule has 1 N–H and O–H groups in total. The average Bonchev–Trinajstić information content (AvgIpc) is 2.93. The van der Waals surface area contributed by atoms with E-state index in [9.17, 15) is 4.79 Å². The molecule has 118 valence electrons. The summed E-state index contributed by atoms with van der Waals surface area (Å²) < 4.78 is 3.86. The third-order valence-corrected chi connectivity index (χ3v) is 3.77. The largest absolute Gasteiger partial charge is 0.363 e. The topological polar surface area (TPSA) is 83.9 Å². The summed E-state index contributed by atoms with van der Waals surface area (Å²) in [6, 6.07) is 1.90. The molecule has 0 spiro atoms. The summed E-state index contributed by atoms with van der Waals surface area (Å²) >= 11 is 1.12. The van der Waals surface area contributed by atoms with Crippen molar-refractivity contribution in [3.05, 3.63) is 28.2 Å². The van der Waals surface area contributed by atoms with Crippen LogP contribution >= 0.6 is 11.5 Å². The molecule has 0 unspecified atom stereocenters. The van der Waals surface area contributed by atoms with E-state index in [1.807, 2.05) is 38.9 Å². The molecule has 7 nitrogen and oxygen atoms in total. The Morgan fingerprint density at radius 1 is 1.36 bits per heavy atom. The molecule has 0 aliphatic rings. The van der Waals surface area contributed by atoms with Gasteiger partial charge >= 0.3 is 0 Å². The zero-order valence-electron chi connectivity index (χ0n) is 13.3. The predicted molar refractivity (Wildman–Crippen MR) is 86.2 cm³/mol. The van der Waals surface area contributed by atoms with E-state index in [2.05, 4.69) is 24.9 Å². The van der Waals surface area contributed by atoms with Gasteiger partial charge in [-0.3, -0.25) is 4.79 Å². The summed E-state index contributed by atoms with van der Waals surface area (Å²) in [4.78, 5) is 23.5. The van der Waals surface area contributed by atoms with E-state index in [4.69, 9.17) is 0 Å². The highest BCUT2D eigenvalue weighted by molar-refractivity contribution is 7.08. The molecule has 0 saturated carbocycles. The number of amides is 1. The molecule has 0 bridgehead atoms. The second kappa shape index (κ2) is 7.26. The fourth-order valence-corrected chi connectivity index (χ4v) is 2.57. The van der Waals surface area contributed by atoms with Gasteiger partial charge in [0, 0.05) is 25.9 Å². The quantitative estimate of drug-likeness (QED) is 0.870. The zero-order chi connectivity index (χ0) is 16.1. The van der Waals surface area contributed by atoms with Crippen molar-refractivity contribution in [1.29, 1.82) is 0 Å². The minimum atomic E-state index is -0.171. The van der Waals surface area contributed by atoms with Crippen LogP contribution in [0, 0.1) is 6.92 Å². The molecule has 2 aromatic heterocycles. The molecule has 0 aliphatic heterocycles. The first-order chi connectivity index (χ1) is 10.5. The van der Waals surface area contributed by atoms with Crippen LogP contribution in [0.5, 0.6) is 0 Å². The Labute approximate surface area is 134 Å². The summed E-state index contributed by atoms with van der Waals surface area (Å²) in [5.74, 6) is 1.24. The van der Waals surface area contributed by atoms with Crippen LogP contribution in [0.15, 0.2) is 6.07 Å². The lowest BCUT2D eigenvalue weighted by molar-refractivity contribution is 0.0952. The Morgan fingerprint density at radius 2 is 2.14 bits per heavy atom. The Kier molecular flexibility index (Phi) is 5.37. The normalized spacial score (nSPS) is 10.5. The monoisotopic (exact) mass is 320 g/mol. The molecule has 0 aromatic carbocycles. The molecular formula is C14H20N6OS. The Hall–Kier alpha value is -2.09. The van der Waals surface area contributed by atoms with E-state index in [0.29, 0.717) is 10.7 Å². The standard InChI is InChI=1S/C14H20N6OS/c1-5-6-10-13(22-19-18-10)14(21)15-8-11-16-9(2)7-12(17-11)20(3)4/h7H,5-6,8H2,1-4H3,(H,15,21). The van der Waals surface area contributed by atoms with Gasteiger partial charge in [-0.2, -0.15) is 0 Å². The maximum Gasteiger partial charge on any atom is 0.265 e. The lowest BCUT2D eigenvalue weighted by atomic mass is 10.2. The van der Waals surface area contributed by atoms with E-state index in [1.54, 1.807) is 0 Å². The molecule has 2 heterocycles. The number of carbonyl (C=O) groups excluding carboxylic acids is 1. The molecule has 22 heavy (non-hydrogen) atoms. The first-order valence-electron chi connectivity index (χ1n) is 7.12. The third kappa shape index (κ3) is 3.97. The van der Waals surface area contributed by atoms with Crippen molar-refractivity contribution in [1.82, 2.24) is 24.9 Å². The first-order valence-corrected chi connectivity index (χ1v) is 7.90. The highest BCUT2D eigenvalue weighted by Crippen LogP contribution is 2.13. The molecule has 2 rings (SSSR count). The van der Waals surface area contributed by atoms with Crippen molar-refractivity contribution >= 4 is 23.3 Å². The van der Waals surface area contributed by atoms with E-state index >= 15 is 0 Å². The van der Waals surface area contributed by atoms with Crippen LogP contribution in [0.1, 0.15) is 40.2 Å². The van der Waals surface area contributed by atoms with Gasteiger partial charge in [0.2, 0.25) is 0 Å². The molecule has 0 radical (unpaired) electrons. The van der Waals surface area contributed by atoms with Gasteiger partial charge in [0.25, 0.3) is 5.91 Å². The number of rotatable bonds is 6. The summed E-state index contributed by atoms with van der Waals surface area (Å²) in [5, 5.41) is 6.84. The van der Waals surface area contributed by atoms with Crippen molar-refractivity contribution in [2.24, 2.45) is 0 Å². The summed E-state index contributed by atoms with van der Waals surface area (Å²) in [6.45, 7) is 4.24. The number of hydrogen-bond donors (Lipinski definition) is 1. The number of nitrogens with one attached hydrogen (secondary N) is 1. The van der Waals surface area contributed by atoms with Crippen LogP contribution < -0.4 is 10.2 Å². The average molecular weight is 320 g/mol.